The van der Waals surface area contributed by atoms with Gasteiger partial charge in [-0.25, -0.2) is 4.98 Å². The highest BCUT2D eigenvalue weighted by molar-refractivity contribution is 7.80. The number of pyridine rings is 1. The van der Waals surface area contributed by atoms with E-state index < -0.39 is 0 Å². The average molecular weight is 304 g/mol. The Kier molecular flexibility index (Phi) is 3.91. The molecule has 2 aliphatic rings. The zero-order chi connectivity index (χ0) is 15.0. The first-order valence-electron chi connectivity index (χ1n) is 7.94. The minimum absolute atomic E-state index is 0.248. The molecule has 0 amide bonds. The van der Waals surface area contributed by atoms with Crippen LogP contribution in [0.25, 0.3) is 0 Å². The number of nitrogens with zero attached hydrogens (tertiary/aromatic N) is 1. The van der Waals surface area contributed by atoms with E-state index in [-0.39, 0.29) is 6.10 Å². The van der Waals surface area contributed by atoms with E-state index in [1.54, 1.807) is 0 Å². The van der Waals surface area contributed by atoms with Crippen molar-refractivity contribution in [2.24, 2.45) is 11.1 Å². The van der Waals surface area contributed by atoms with E-state index in [0.717, 1.165) is 31.2 Å². The summed E-state index contributed by atoms with van der Waals surface area (Å²) in [7, 11) is 0. The summed E-state index contributed by atoms with van der Waals surface area (Å²) in [5.74, 6) is 0.660. The summed E-state index contributed by atoms with van der Waals surface area (Å²) >= 11 is 5.18. The Morgan fingerprint density at radius 3 is 2.71 bits per heavy atom. The predicted octanol–water partition coefficient (Wildman–Crippen LogP) is 3.55. The van der Waals surface area contributed by atoms with Crippen molar-refractivity contribution in [3.63, 3.8) is 0 Å². The standard InChI is InChI=1S/C17H24N2OS/c1-17(2)8-6-12(7-9-17)20-16-13(15(18)21)10-11-4-3-5-14(11)19-16/h10,12H,3-9H2,1-2H3,(H2,18,21). The summed E-state index contributed by atoms with van der Waals surface area (Å²) in [6.45, 7) is 4.66. The van der Waals surface area contributed by atoms with Crippen molar-refractivity contribution in [2.75, 3.05) is 0 Å². The van der Waals surface area contributed by atoms with Crippen LogP contribution in [0.5, 0.6) is 5.88 Å². The van der Waals surface area contributed by atoms with Crippen LogP contribution < -0.4 is 10.5 Å². The molecule has 114 valence electrons. The Balaban J connectivity index is 1.80. The molecule has 1 heterocycles. The number of aryl methyl sites for hydroxylation is 2. The molecule has 21 heavy (non-hydrogen) atoms. The number of thiocarbonyl (C=S) groups is 1. The molecule has 1 saturated carbocycles. The lowest BCUT2D eigenvalue weighted by molar-refractivity contribution is 0.0946. The minimum Gasteiger partial charge on any atom is -0.474 e. The summed E-state index contributed by atoms with van der Waals surface area (Å²) in [5.41, 5.74) is 9.58. The number of ether oxygens (including phenoxy) is 1. The third-order valence-electron chi connectivity index (χ3n) is 4.85. The van der Waals surface area contributed by atoms with Gasteiger partial charge in [0, 0.05) is 5.69 Å². The van der Waals surface area contributed by atoms with Crippen molar-refractivity contribution < 1.29 is 4.74 Å². The average Bonchev–Trinajstić information content (AvgIpc) is 2.87. The minimum atomic E-state index is 0.248. The Morgan fingerprint density at radius 2 is 2.05 bits per heavy atom. The number of hydrogen-bond donors (Lipinski definition) is 1. The van der Waals surface area contributed by atoms with Gasteiger partial charge in [-0.15, -0.1) is 0 Å². The van der Waals surface area contributed by atoms with Crippen LogP contribution in [-0.4, -0.2) is 16.1 Å². The van der Waals surface area contributed by atoms with Crippen molar-refractivity contribution in [3.05, 3.63) is 22.9 Å². The molecule has 0 aliphatic heterocycles. The molecule has 0 unspecified atom stereocenters. The van der Waals surface area contributed by atoms with Crippen molar-refractivity contribution in [1.29, 1.82) is 0 Å². The quantitative estimate of drug-likeness (QED) is 0.868. The highest BCUT2D eigenvalue weighted by atomic mass is 32.1. The SMILES string of the molecule is CC1(C)CCC(Oc2nc3c(cc2C(N)=S)CCC3)CC1. The normalized spacial score (nSPS) is 21.0. The maximum absolute atomic E-state index is 6.19. The Morgan fingerprint density at radius 1 is 1.33 bits per heavy atom. The van der Waals surface area contributed by atoms with Crippen LogP contribution in [0.3, 0.4) is 0 Å². The first-order chi connectivity index (χ1) is 9.94. The van der Waals surface area contributed by atoms with E-state index in [9.17, 15) is 0 Å². The lowest BCUT2D eigenvalue weighted by Crippen LogP contribution is -2.29. The largest absolute Gasteiger partial charge is 0.474 e. The van der Waals surface area contributed by atoms with E-state index in [1.165, 1.54) is 30.5 Å². The molecule has 1 aromatic rings. The molecule has 4 heteroatoms. The zero-order valence-corrected chi connectivity index (χ0v) is 13.8. The molecule has 3 nitrogen and oxygen atoms in total. The molecule has 0 radical (unpaired) electrons. The smallest absolute Gasteiger partial charge is 0.224 e. The molecule has 1 aromatic heterocycles. The van der Waals surface area contributed by atoms with Gasteiger partial charge in [-0.1, -0.05) is 26.1 Å². The van der Waals surface area contributed by atoms with Crippen LogP contribution in [0.2, 0.25) is 0 Å². The summed E-state index contributed by atoms with van der Waals surface area (Å²) < 4.78 is 6.19. The summed E-state index contributed by atoms with van der Waals surface area (Å²) in [6, 6.07) is 2.10. The van der Waals surface area contributed by atoms with Crippen LogP contribution >= 0.6 is 12.2 Å². The fourth-order valence-corrected chi connectivity index (χ4v) is 3.51. The highest BCUT2D eigenvalue weighted by Gasteiger charge is 2.29. The van der Waals surface area contributed by atoms with Crippen molar-refractivity contribution >= 4 is 17.2 Å². The lowest BCUT2D eigenvalue weighted by atomic mass is 9.76. The molecular formula is C17H24N2OS. The van der Waals surface area contributed by atoms with Crippen LogP contribution in [-0.2, 0) is 12.8 Å². The van der Waals surface area contributed by atoms with Crippen molar-refractivity contribution in [3.8, 4) is 5.88 Å². The second-order valence-electron chi connectivity index (χ2n) is 7.15. The van der Waals surface area contributed by atoms with Gasteiger partial charge in [-0.05, 0) is 62.0 Å². The van der Waals surface area contributed by atoms with E-state index >= 15 is 0 Å². The highest BCUT2D eigenvalue weighted by Crippen LogP contribution is 2.37. The predicted molar refractivity (Wildman–Crippen MR) is 88.8 cm³/mol. The van der Waals surface area contributed by atoms with Gasteiger partial charge in [0.2, 0.25) is 5.88 Å². The fourth-order valence-electron chi connectivity index (χ4n) is 3.37. The molecule has 0 bridgehead atoms. The third kappa shape index (κ3) is 3.20. The summed E-state index contributed by atoms with van der Waals surface area (Å²) in [5, 5.41) is 0. The number of aromatic nitrogens is 1. The van der Waals surface area contributed by atoms with Crippen LogP contribution in [0, 0.1) is 5.41 Å². The second kappa shape index (κ2) is 5.56. The number of fused-ring (bicyclic) bond motifs is 1. The Hall–Kier alpha value is -1.16. The molecule has 0 aromatic carbocycles. The maximum Gasteiger partial charge on any atom is 0.224 e. The molecule has 0 saturated heterocycles. The van der Waals surface area contributed by atoms with Crippen LogP contribution in [0.4, 0.5) is 0 Å². The van der Waals surface area contributed by atoms with E-state index in [4.69, 9.17) is 27.7 Å². The topological polar surface area (TPSA) is 48.1 Å². The van der Waals surface area contributed by atoms with Crippen LogP contribution in [0.15, 0.2) is 6.07 Å². The lowest BCUT2D eigenvalue weighted by Gasteiger charge is -2.34. The fraction of sp³-hybridized carbons (Fsp3) is 0.647. The van der Waals surface area contributed by atoms with Gasteiger partial charge in [0.05, 0.1) is 5.56 Å². The molecule has 2 N–H and O–H groups in total. The molecule has 0 atom stereocenters. The first-order valence-corrected chi connectivity index (χ1v) is 8.35. The van der Waals surface area contributed by atoms with Gasteiger partial charge in [0.15, 0.2) is 0 Å². The van der Waals surface area contributed by atoms with Gasteiger partial charge in [0.1, 0.15) is 11.1 Å². The van der Waals surface area contributed by atoms with E-state index in [2.05, 4.69) is 19.9 Å². The van der Waals surface area contributed by atoms with Crippen molar-refractivity contribution in [2.45, 2.75) is 64.9 Å². The maximum atomic E-state index is 6.19. The number of nitrogens with two attached hydrogens (primary N) is 1. The molecular weight excluding hydrogens is 280 g/mol. The van der Waals surface area contributed by atoms with Gasteiger partial charge < -0.3 is 10.5 Å². The molecule has 1 fully saturated rings. The third-order valence-corrected chi connectivity index (χ3v) is 5.07. The molecule has 0 spiro atoms. The van der Waals surface area contributed by atoms with Gasteiger partial charge in [-0.3, -0.25) is 0 Å². The first kappa shape index (κ1) is 14.8. The number of hydrogen-bond acceptors (Lipinski definition) is 3. The van der Waals surface area contributed by atoms with E-state index in [1.807, 2.05) is 0 Å². The Labute approximate surface area is 132 Å². The zero-order valence-electron chi connectivity index (χ0n) is 12.9. The number of rotatable bonds is 3. The van der Waals surface area contributed by atoms with E-state index in [0.29, 0.717) is 16.3 Å². The summed E-state index contributed by atoms with van der Waals surface area (Å²) in [6.07, 6.45) is 8.11. The van der Waals surface area contributed by atoms with Gasteiger partial charge in [-0.2, -0.15) is 0 Å². The van der Waals surface area contributed by atoms with Crippen LogP contribution in [0.1, 0.15) is 62.8 Å². The summed E-state index contributed by atoms with van der Waals surface area (Å²) in [4.78, 5) is 5.11. The molecule has 3 rings (SSSR count). The monoisotopic (exact) mass is 304 g/mol. The Bertz CT molecular complexity index is 558. The second-order valence-corrected chi connectivity index (χ2v) is 7.59. The van der Waals surface area contributed by atoms with Gasteiger partial charge >= 0.3 is 0 Å². The van der Waals surface area contributed by atoms with Gasteiger partial charge in [0.25, 0.3) is 0 Å². The molecule has 2 aliphatic carbocycles. The van der Waals surface area contributed by atoms with Crippen molar-refractivity contribution in [1.82, 2.24) is 4.98 Å².